The standard InChI is InChI=1S/C36H54N4O10.C32H54N4O10.C30H58N4O10/c1-45-19-21-47-23-25-49-33(41)31(27-29-13-7-5-8-14-29)39-35(43)37-17-11-3-4-12-18-38-36(44)40-32(28-30-15-9-6-10-16-30)34(42)50-26-24-48-22-20-46-2;1-23(2)18-27(29(37)45-16-14-43-12-10-41-5)35-31(39)33-21-25-8-7-9-26(20-25)22-34-32(40)36-28(19-24(3)4)30(38)46-17-15-44-13-11-42-6;1-23(2)21-25(27(35)43-19-17-41-15-13-39-5)33-29(37)31-11-9-7-8-10-12-32-30(38)34-26(22-24(3)4)28(36)44-20-18-42-16-14-40-6/h5-10,13-16,31-32H,3-4,11-12,17-28H2,1-2H3,(H2,37,39,43)(H2,38,40,44);7-9,20,23-24,27-28H,10-19,21-22H2,1-6H3,(H2,33,35,39)(H2,34,36,40);23-26H,7-22H2,1-6H3,(H2,31,33,37)(H2,32,34,38). The van der Waals surface area contributed by atoms with E-state index in [2.05, 4.69) is 63.8 Å². The fourth-order valence-electron chi connectivity index (χ4n) is 12.6. The van der Waals surface area contributed by atoms with Gasteiger partial charge in [-0.1, -0.05) is 166 Å². The zero-order valence-electron chi connectivity index (χ0n) is 85.2. The Bertz CT molecular complexity index is 3510. The van der Waals surface area contributed by atoms with Crippen molar-refractivity contribution in [2.24, 2.45) is 23.7 Å². The van der Waals surface area contributed by atoms with Crippen molar-refractivity contribution in [3.63, 3.8) is 0 Å². The van der Waals surface area contributed by atoms with Gasteiger partial charge in [0.15, 0.2) is 0 Å². The minimum Gasteiger partial charge on any atom is -0.462 e. The molecule has 0 bridgehead atoms. The molecule has 6 unspecified atom stereocenters. The molecular formula is C98H166N12O30. The molecule has 0 saturated carbocycles. The van der Waals surface area contributed by atoms with E-state index in [0.717, 1.165) is 60.8 Å². The number of methoxy groups -OCH3 is 6. The van der Waals surface area contributed by atoms with Gasteiger partial charge in [-0.2, -0.15) is 0 Å². The molecule has 42 heteroatoms. The fourth-order valence-corrected chi connectivity index (χ4v) is 12.6. The Balaban J connectivity index is 0.00000105. The normalized spacial score (nSPS) is 12.2. The van der Waals surface area contributed by atoms with Crippen molar-refractivity contribution in [1.29, 1.82) is 0 Å². The summed E-state index contributed by atoms with van der Waals surface area (Å²) in [6, 6.07) is 18.5. The van der Waals surface area contributed by atoms with Crippen LogP contribution in [-0.4, -0.2) is 336 Å². The summed E-state index contributed by atoms with van der Waals surface area (Å²) in [6.07, 6.45) is 8.57. The van der Waals surface area contributed by atoms with Crippen molar-refractivity contribution in [2.45, 2.75) is 195 Å². The van der Waals surface area contributed by atoms with E-state index >= 15 is 0 Å². The van der Waals surface area contributed by atoms with Crippen molar-refractivity contribution in [3.8, 4) is 0 Å². The Kier molecular flexibility index (Phi) is 78.9. The molecule has 0 aliphatic carbocycles. The number of carbonyl (C=O) groups excluding carboxylic acids is 12. The second-order valence-electron chi connectivity index (χ2n) is 33.8. The van der Waals surface area contributed by atoms with Gasteiger partial charge in [0.1, 0.15) is 75.9 Å². The molecule has 3 aromatic rings. The zero-order chi connectivity index (χ0) is 103. The maximum atomic E-state index is 12.7. The number of hydrogen-bond donors (Lipinski definition) is 12. The van der Waals surface area contributed by atoms with Crippen LogP contribution in [0.5, 0.6) is 0 Å². The van der Waals surface area contributed by atoms with Gasteiger partial charge in [0.2, 0.25) is 0 Å². The zero-order valence-corrected chi connectivity index (χ0v) is 85.2. The number of unbranched alkanes of at least 4 members (excludes halogenated alkanes) is 6. The fraction of sp³-hybridized carbons (Fsp3) is 0.694. The van der Waals surface area contributed by atoms with E-state index in [9.17, 15) is 57.5 Å². The Morgan fingerprint density at radius 1 is 0.221 bits per heavy atom. The first-order valence-corrected chi connectivity index (χ1v) is 48.4. The molecule has 0 aliphatic heterocycles. The maximum absolute atomic E-state index is 12.7. The predicted molar refractivity (Wildman–Crippen MR) is 523 cm³/mol. The van der Waals surface area contributed by atoms with Crippen LogP contribution in [0.25, 0.3) is 0 Å². The van der Waals surface area contributed by atoms with Crippen LogP contribution in [0.2, 0.25) is 0 Å². The van der Waals surface area contributed by atoms with Gasteiger partial charge in [-0.05, 0) is 97.3 Å². The second kappa shape index (κ2) is 86.5. The van der Waals surface area contributed by atoms with Gasteiger partial charge in [0.25, 0.3) is 0 Å². The molecule has 0 radical (unpaired) electrons. The smallest absolute Gasteiger partial charge is 0.329 e. The van der Waals surface area contributed by atoms with E-state index in [1.165, 1.54) is 0 Å². The van der Waals surface area contributed by atoms with Crippen molar-refractivity contribution in [1.82, 2.24) is 63.8 Å². The second-order valence-corrected chi connectivity index (χ2v) is 33.8. The van der Waals surface area contributed by atoms with Crippen LogP contribution in [0.15, 0.2) is 84.9 Å². The van der Waals surface area contributed by atoms with Crippen LogP contribution in [0.3, 0.4) is 0 Å². The molecule has 0 heterocycles. The highest BCUT2D eigenvalue weighted by Gasteiger charge is 2.30. The lowest BCUT2D eigenvalue weighted by Gasteiger charge is -2.20. The highest BCUT2D eigenvalue weighted by molar-refractivity contribution is 5.87. The van der Waals surface area contributed by atoms with E-state index in [0.29, 0.717) is 144 Å². The van der Waals surface area contributed by atoms with Gasteiger partial charge >= 0.3 is 72.0 Å². The summed E-state index contributed by atoms with van der Waals surface area (Å²) in [5, 5.41) is 33.0. The predicted octanol–water partition coefficient (Wildman–Crippen LogP) is 7.69. The number of rotatable bonds is 78. The number of amides is 12. The molecule has 12 amide bonds. The number of urea groups is 6. The summed E-state index contributed by atoms with van der Waals surface area (Å²) >= 11 is 0. The lowest BCUT2D eigenvalue weighted by Crippen LogP contribution is -2.48. The van der Waals surface area contributed by atoms with Gasteiger partial charge < -0.3 is 149 Å². The largest absolute Gasteiger partial charge is 0.462 e. The van der Waals surface area contributed by atoms with E-state index in [-0.39, 0.29) is 129 Å². The average Bonchev–Trinajstić information content (AvgIpc) is 0.888. The summed E-state index contributed by atoms with van der Waals surface area (Å²) in [5.41, 5.74) is 3.36. The lowest BCUT2D eigenvalue weighted by molar-refractivity contribution is -0.148. The van der Waals surface area contributed by atoms with Gasteiger partial charge in [-0.25, -0.2) is 57.5 Å². The molecule has 0 spiro atoms. The van der Waals surface area contributed by atoms with Gasteiger partial charge in [-0.3, -0.25) is 0 Å². The third-order valence-electron chi connectivity index (χ3n) is 19.6. The number of nitrogens with one attached hydrogen (secondary N) is 12. The molecule has 3 rings (SSSR count). The molecule has 42 nitrogen and oxygen atoms in total. The van der Waals surface area contributed by atoms with Crippen LogP contribution in [-0.2, 0) is 140 Å². The SMILES string of the molecule is COCCOCCOC(=O)C(CC(C)C)NC(=O)NCCCCCCNC(=O)NC(CC(C)C)C(=O)OCCOCCOC.COCCOCCOC(=O)C(CC(C)C)NC(=O)NCc1cccc(CNC(=O)NC(CC(C)C)C(=O)OCCOCCOC)c1.COCCOCCOC(=O)C(Cc1ccccc1)NC(=O)NCCCCCCNC(=O)NC(Cc1ccccc1)C(=O)OCCOCCOC. The number of esters is 6. The van der Waals surface area contributed by atoms with Crippen molar-refractivity contribution < 1.29 is 143 Å². The third-order valence-corrected chi connectivity index (χ3v) is 19.6. The van der Waals surface area contributed by atoms with Crippen LogP contribution in [0, 0.1) is 23.7 Å². The van der Waals surface area contributed by atoms with Crippen LogP contribution >= 0.6 is 0 Å². The molecular weight excluding hydrogens is 1830 g/mol. The Morgan fingerprint density at radius 3 is 0.629 bits per heavy atom. The van der Waals surface area contributed by atoms with Crippen LogP contribution < -0.4 is 63.8 Å². The molecule has 140 heavy (non-hydrogen) atoms. The topological polar surface area (TPSA) is 515 Å². The summed E-state index contributed by atoms with van der Waals surface area (Å²) in [7, 11) is 9.46. The number of ether oxygens (including phenoxy) is 18. The minimum absolute atomic E-state index is 0.0698. The Hall–Kier alpha value is -10.4. The number of benzene rings is 3. The number of hydrogen-bond acceptors (Lipinski definition) is 30. The van der Waals surface area contributed by atoms with Crippen LogP contribution in [0.1, 0.15) is 155 Å². The van der Waals surface area contributed by atoms with Crippen molar-refractivity contribution in [3.05, 3.63) is 107 Å². The average molecular weight is 1990 g/mol. The quantitative estimate of drug-likeness (QED) is 0.0146. The first kappa shape index (κ1) is 128. The molecule has 0 aliphatic rings. The minimum atomic E-state index is -0.858. The van der Waals surface area contributed by atoms with Crippen molar-refractivity contribution >= 4 is 72.0 Å². The Morgan fingerprint density at radius 2 is 0.414 bits per heavy atom. The molecule has 0 saturated heterocycles. The summed E-state index contributed by atoms with van der Waals surface area (Å²) in [4.78, 5) is 151. The highest BCUT2D eigenvalue weighted by atomic mass is 16.6. The summed E-state index contributed by atoms with van der Waals surface area (Å²) in [6.45, 7) is 24.9. The van der Waals surface area contributed by atoms with Crippen molar-refractivity contribution in [2.75, 3.05) is 227 Å². The molecule has 0 aromatic heterocycles. The molecule has 798 valence electrons. The first-order valence-electron chi connectivity index (χ1n) is 48.4. The molecule has 3 aromatic carbocycles. The van der Waals surface area contributed by atoms with Gasteiger partial charge in [0.05, 0.1) is 119 Å². The van der Waals surface area contributed by atoms with E-state index < -0.39 is 108 Å². The highest BCUT2D eigenvalue weighted by Crippen LogP contribution is 2.15. The van der Waals surface area contributed by atoms with Gasteiger partial charge in [0, 0.05) is 94.8 Å². The van der Waals surface area contributed by atoms with Gasteiger partial charge in [-0.15, -0.1) is 0 Å². The van der Waals surface area contributed by atoms with E-state index in [1.54, 1.807) is 42.7 Å². The number of carbonyl (C=O) groups is 12. The lowest BCUT2D eigenvalue weighted by atomic mass is 10.0. The first-order chi connectivity index (χ1) is 67.6. The monoisotopic (exact) mass is 1990 g/mol. The van der Waals surface area contributed by atoms with E-state index in [4.69, 9.17) is 85.3 Å². The summed E-state index contributed by atoms with van der Waals surface area (Å²) in [5.74, 6) is -2.44. The molecule has 12 N–H and O–H groups in total. The van der Waals surface area contributed by atoms with Crippen LogP contribution in [0.4, 0.5) is 28.8 Å². The summed E-state index contributed by atoms with van der Waals surface area (Å²) < 4.78 is 93.0. The Labute approximate surface area is 827 Å². The van der Waals surface area contributed by atoms with E-state index in [1.807, 2.05) is 140 Å². The third kappa shape index (κ3) is 72.8. The molecule has 0 fully saturated rings. The maximum Gasteiger partial charge on any atom is 0.329 e. The molecule has 6 atom stereocenters.